The van der Waals surface area contributed by atoms with E-state index in [1.165, 1.54) is 11.1 Å². The number of hydrogen-bond donors (Lipinski definition) is 0. The zero-order chi connectivity index (χ0) is 10.8. The second kappa shape index (κ2) is 5.85. The molecule has 1 heterocycles. The molecule has 1 nitrogen and oxygen atoms in total. The van der Waals surface area contributed by atoms with Gasteiger partial charge in [0.2, 0.25) is 0 Å². The van der Waals surface area contributed by atoms with Crippen LogP contribution in [0.2, 0.25) is 0 Å². The van der Waals surface area contributed by atoms with Crippen LogP contribution in [0.25, 0.3) is 11.1 Å². The van der Waals surface area contributed by atoms with Crippen LogP contribution in [0.4, 0.5) is 0 Å². The molecular weight excluding hydrogens is 291 g/mol. The third-order valence-electron chi connectivity index (χ3n) is 2.39. The van der Waals surface area contributed by atoms with E-state index in [-0.39, 0.29) is 32.7 Å². The molecule has 0 saturated carbocycles. The van der Waals surface area contributed by atoms with Gasteiger partial charge in [-0.15, -0.1) is 5.56 Å². The molecule has 3 heteroatoms. The first-order valence-electron chi connectivity index (χ1n) is 4.82. The van der Waals surface area contributed by atoms with Crippen molar-refractivity contribution >= 4 is 12.2 Å². The van der Waals surface area contributed by atoms with Gasteiger partial charge in [-0.3, -0.25) is 0 Å². The van der Waals surface area contributed by atoms with Crippen LogP contribution >= 0.6 is 12.2 Å². The smallest absolute Gasteiger partial charge is 0.105 e. The molecule has 1 aromatic carbocycles. The Bertz CT molecular complexity index is 528. The summed E-state index contributed by atoms with van der Waals surface area (Å²) in [5.74, 6) is 0. The van der Waals surface area contributed by atoms with E-state index >= 15 is 0 Å². The number of rotatable bonds is 1. The Morgan fingerprint density at radius 2 is 1.81 bits per heavy atom. The Labute approximate surface area is 126 Å². The summed E-state index contributed by atoms with van der Waals surface area (Å²) in [6, 6.07) is 13.4. The Morgan fingerprint density at radius 1 is 1.12 bits per heavy atom. The SMILES string of the molecule is Cc1[c-]cc(-c2ccc(=S)n(C)c2)cc1.[Y]. The number of aromatic nitrogens is 1. The summed E-state index contributed by atoms with van der Waals surface area (Å²) in [5, 5.41) is 0. The summed E-state index contributed by atoms with van der Waals surface area (Å²) < 4.78 is 2.79. The fourth-order valence-electron chi connectivity index (χ4n) is 1.45. The van der Waals surface area contributed by atoms with Gasteiger partial charge >= 0.3 is 0 Å². The minimum atomic E-state index is 0. The molecule has 2 aromatic rings. The van der Waals surface area contributed by atoms with Crippen molar-refractivity contribution in [2.24, 2.45) is 7.05 Å². The molecule has 0 unspecified atom stereocenters. The topological polar surface area (TPSA) is 4.93 Å². The Kier molecular flexibility index (Phi) is 5.03. The van der Waals surface area contributed by atoms with E-state index in [1.807, 2.05) is 42.9 Å². The summed E-state index contributed by atoms with van der Waals surface area (Å²) in [7, 11) is 1.96. The molecule has 0 aliphatic carbocycles. The molecule has 0 aliphatic heterocycles. The molecule has 1 aromatic heterocycles. The molecule has 0 bridgehead atoms. The van der Waals surface area contributed by atoms with Crippen LogP contribution in [0.15, 0.2) is 36.5 Å². The van der Waals surface area contributed by atoms with Crippen molar-refractivity contribution in [2.75, 3.05) is 0 Å². The molecule has 0 aliphatic rings. The molecule has 0 N–H and O–H groups in total. The first kappa shape index (κ1) is 13.8. The average Bonchev–Trinajstić information content (AvgIpc) is 2.23. The number of pyridine rings is 1. The molecular formula is C13H12NSY-. The van der Waals surface area contributed by atoms with E-state index in [2.05, 4.69) is 18.2 Å². The molecule has 0 atom stereocenters. The van der Waals surface area contributed by atoms with Crippen LogP contribution in [0.1, 0.15) is 5.56 Å². The monoisotopic (exact) mass is 303 g/mol. The molecule has 16 heavy (non-hydrogen) atoms. The van der Waals surface area contributed by atoms with Crippen molar-refractivity contribution < 1.29 is 32.7 Å². The molecule has 0 saturated heterocycles. The first-order valence-corrected chi connectivity index (χ1v) is 5.23. The number of aryl methyl sites for hydroxylation is 2. The summed E-state index contributed by atoms with van der Waals surface area (Å²) in [6.07, 6.45) is 2.04. The van der Waals surface area contributed by atoms with Gasteiger partial charge in [0, 0.05) is 46.0 Å². The molecule has 0 fully saturated rings. The third-order valence-corrected chi connectivity index (χ3v) is 2.81. The second-order valence-corrected chi connectivity index (χ2v) is 4.05. The van der Waals surface area contributed by atoms with Crippen LogP contribution in [-0.4, -0.2) is 4.57 Å². The van der Waals surface area contributed by atoms with E-state index in [0.29, 0.717) is 0 Å². The average molecular weight is 303 g/mol. The van der Waals surface area contributed by atoms with Gasteiger partial charge in [-0.25, -0.2) is 0 Å². The summed E-state index contributed by atoms with van der Waals surface area (Å²) in [6.45, 7) is 2.04. The van der Waals surface area contributed by atoms with Crippen LogP contribution in [0.3, 0.4) is 0 Å². The predicted molar refractivity (Wildman–Crippen MR) is 65.3 cm³/mol. The summed E-state index contributed by atoms with van der Waals surface area (Å²) in [4.78, 5) is 0. The molecule has 79 valence electrons. The van der Waals surface area contributed by atoms with Gasteiger partial charge in [-0.1, -0.05) is 30.8 Å². The quantitative estimate of drug-likeness (QED) is 0.576. The van der Waals surface area contributed by atoms with E-state index in [4.69, 9.17) is 12.2 Å². The maximum atomic E-state index is 5.14. The van der Waals surface area contributed by atoms with Crippen molar-refractivity contribution in [1.82, 2.24) is 4.57 Å². The van der Waals surface area contributed by atoms with E-state index < -0.39 is 0 Å². The van der Waals surface area contributed by atoms with Crippen LogP contribution in [0, 0.1) is 17.6 Å². The third kappa shape index (κ3) is 3.10. The van der Waals surface area contributed by atoms with Crippen molar-refractivity contribution in [3.8, 4) is 11.1 Å². The normalized spacial score (nSPS) is 9.62. The first-order chi connectivity index (χ1) is 7.16. The van der Waals surface area contributed by atoms with Gasteiger partial charge in [0.15, 0.2) is 0 Å². The number of benzene rings is 1. The van der Waals surface area contributed by atoms with Gasteiger partial charge < -0.3 is 4.57 Å². The zero-order valence-electron chi connectivity index (χ0n) is 9.40. The molecule has 2 rings (SSSR count). The van der Waals surface area contributed by atoms with Crippen molar-refractivity contribution in [3.05, 3.63) is 52.8 Å². The van der Waals surface area contributed by atoms with E-state index in [0.717, 1.165) is 10.2 Å². The maximum Gasteiger partial charge on any atom is 0.105 e. The number of hydrogen-bond acceptors (Lipinski definition) is 1. The molecule has 0 spiro atoms. The maximum absolute atomic E-state index is 5.14. The van der Waals surface area contributed by atoms with Crippen LogP contribution in [0.5, 0.6) is 0 Å². The van der Waals surface area contributed by atoms with Crippen molar-refractivity contribution in [3.63, 3.8) is 0 Å². The van der Waals surface area contributed by atoms with Gasteiger partial charge in [0.25, 0.3) is 0 Å². The van der Waals surface area contributed by atoms with E-state index in [1.54, 1.807) is 0 Å². The summed E-state index contributed by atoms with van der Waals surface area (Å²) in [5.41, 5.74) is 3.50. The Balaban J connectivity index is 0.00000128. The standard InChI is InChI=1S/C13H12NS.Y/c1-10-3-5-11(6-4-10)12-7-8-13(15)14(2)9-12;/h3,5-9H,1-2H3;/q-1;. The molecule has 1 radical (unpaired) electrons. The predicted octanol–water partition coefficient (Wildman–Crippen LogP) is 3.53. The fraction of sp³-hybridized carbons (Fsp3) is 0.154. The minimum absolute atomic E-state index is 0. The Hall–Kier alpha value is -0.306. The summed E-state index contributed by atoms with van der Waals surface area (Å²) >= 11 is 5.14. The number of nitrogens with zero attached hydrogens (tertiary/aromatic N) is 1. The fourth-order valence-corrected chi connectivity index (χ4v) is 1.57. The van der Waals surface area contributed by atoms with Crippen molar-refractivity contribution in [1.29, 1.82) is 0 Å². The van der Waals surface area contributed by atoms with Gasteiger partial charge in [0.1, 0.15) is 4.64 Å². The van der Waals surface area contributed by atoms with Crippen molar-refractivity contribution in [2.45, 2.75) is 6.92 Å². The zero-order valence-corrected chi connectivity index (χ0v) is 13.1. The van der Waals surface area contributed by atoms with Crippen LogP contribution < -0.4 is 0 Å². The largest absolute Gasteiger partial charge is 0.343 e. The van der Waals surface area contributed by atoms with Gasteiger partial charge in [0.05, 0.1) is 0 Å². The van der Waals surface area contributed by atoms with Gasteiger partial charge in [-0.2, -0.15) is 29.8 Å². The second-order valence-electron chi connectivity index (χ2n) is 3.63. The van der Waals surface area contributed by atoms with Crippen LogP contribution in [-0.2, 0) is 39.8 Å². The van der Waals surface area contributed by atoms with Gasteiger partial charge in [-0.05, 0) is 6.07 Å². The Morgan fingerprint density at radius 3 is 2.38 bits per heavy atom. The van der Waals surface area contributed by atoms with E-state index in [9.17, 15) is 0 Å². The molecule has 0 amide bonds. The minimum Gasteiger partial charge on any atom is -0.343 e.